The molecule has 2 aromatic carbocycles. The second-order valence-corrected chi connectivity index (χ2v) is 9.97. The van der Waals surface area contributed by atoms with E-state index in [2.05, 4.69) is 15.3 Å². The number of benzene rings is 2. The Hall–Kier alpha value is -3.72. The van der Waals surface area contributed by atoms with E-state index in [1.54, 1.807) is 29.2 Å². The number of hydrogen-bond acceptors (Lipinski definition) is 5. The number of hydrogen-bond donors (Lipinski definition) is 1. The van der Waals surface area contributed by atoms with Gasteiger partial charge in [0.2, 0.25) is 0 Å². The number of nitrogens with one attached hydrogen (secondary N) is 1. The number of halogens is 2. The zero-order valence-electron chi connectivity index (χ0n) is 19.6. The van der Waals surface area contributed by atoms with Gasteiger partial charge in [0, 0.05) is 36.3 Å². The van der Waals surface area contributed by atoms with Crippen LogP contribution in [0.2, 0.25) is 0 Å². The molecule has 0 saturated carbocycles. The van der Waals surface area contributed by atoms with Gasteiger partial charge in [-0.25, -0.2) is 13.8 Å². The first-order valence-corrected chi connectivity index (χ1v) is 12.6. The summed E-state index contributed by atoms with van der Waals surface area (Å²) in [6.45, 7) is 2.66. The summed E-state index contributed by atoms with van der Waals surface area (Å²) in [6, 6.07) is 11.8. The van der Waals surface area contributed by atoms with Crippen LogP contribution in [-0.4, -0.2) is 45.8 Å². The van der Waals surface area contributed by atoms with Gasteiger partial charge in [-0.05, 0) is 62.1 Å². The smallest absolute Gasteiger partial charge is 0.274 e. The maximum Gasteiger partial charge on any atom is 0.274 e. The molecule has 0 radical (unpaired) electrons. The third-order valence-electron chi connectivity index (χ3n) is 6.39. The molecule has 4 aromatic rings. The van der Waals surface area contributed by atoms with E-state index in [1.165, 1.54) is 41.8 Å². The van der Waals surface area contributed by atoms with Crippen LogP contribution in [-0.2, 0) is 0 Å². The van der Waals surface area contributed by atoms with Crippen molar-refractivity contribution < 1.29 is 18.4 Å². The van der Waals surface area contributed by atoms with Gasteiger partial charge in [0.15, 0.2) is 0 Å². The van der Waals surface area contributed by atoms with E-state index in [-0.39, 0.29) is 35.7 Å². The molecule has 2 aromatic heterocycles. The first-order chi connectivity index (χ1) is 17.4. The molecule has 0 aliphatic carbocycles. The molecule has 3 heterocycles. The highest BCUT2D eigenvalue weighted by Crippen LogP contribution is 2.32. The van der Waals surface area contributed by atoms with Crippen molar-refractivity contribution in [3.8, 4) is 10.4 Å². The van der Waals surface area contributed by atoms with Crippen molar-refractivity contribution in [1.29, 1.82) is 0 Å². The number of aromatic nitrogens is 2. The molecule has 1 aliphatic heterocycles. The fourth-order valence-corrected chi connectivity index (χ4v) is 5.54. The second-order valence-electron chi connectivity index (χ2n) is 8.77. The van der Waals surface area contributed by atoms with Gasteiger partial charge in [-0.1, -0.05) is 18.2 Å². The van der Waals surface area contributed by atoms with E-state index in [4.69, 9.17) is 0 Å². The summed E-state index contributed by atoms with van der Waals surface area (Å²) >= 11 is 1.40. The Morgan fingerprint density at radius 1 is 1.11 bits per heavy atom. The fraction of sp³-hybridized carbons (Fsp3) is 0.259. The summed E-state index contributed by atoms with van der Waals surface area (Å²) < 4.78 is 27.6. The summed E-state index contributed by atoms with van der Waals surface area (Å²) in [6.07, 6.45) is 4.03. The Labute approximate surface area is 211 Å². The van der Waals surface area contributed by atoms with Crippen molar-refractivity contribution in [1.82, 2.24) is 20.2 Å². The second kappa shape index (κ2) is 10.1. The number of piperidine rings is 1. The average Bonchev–Trinajstić information content (AvgIpc) is 3.29. The minimum atomic E-state index is -0.485. The molecule has 6 nitrogen and oxygen atoms in total. The van der Waals surface area contributed by atoms with E-state index >= 15 is 0 Å². The minimum absolute atomic E-state index is 0.145. The van der Waals surface area contributed by atoms with Crippen molar-refractivity contribution in [3.05, 3.63) is 82.6 Å². The highest BCUT2D eigenvalue weighted by Gasteiger charge is 2.31. The maximum absolute atomic E-state index is 14.1. The van der Waals surface area contributed by atoms with Crippen molar-refractivity contribution >= 4 is 34.1 Å². The van der Waals surface area contributed by atoms with Crippen molar-refractivity contribution in [3.63, 3.8) is 0 Å². The van der Waals surface area contributed by atoms with Gasteiger partial charge in [0.25, 0.3) is 11.8 Å². The van der Waals surface area contributed by atoms with Gasteiger partial charge in [-0.3, -0.25) is 14.6 Å². The number of fused-ring (bicyclic) bond motifs is 1. The largest absolute Gasteiger partial charge is 0.350 e. The number of likely N-dealkylation sites (tertiary alicyclic amines) is 1. The third-order valence-corrected chi connectivity index (χ3v) is 7.41. The Morgan fingerprint density at radius 2 is 1.92 bits per heavy atom. The molecule has 1 aliphatic rings. The van der Waals surface area contributed by atoms with Crippen LogP contribution in [0, 0.1) is 18.6 Å². The van der Waals surface area contributed by atoms with E-state index in [0.29, 0.717) is 28.1 Å². The molecule has 5 rings (SSSR count). The van der Waals surface area contributed by atoms with Gasteiger partial charge < -0.3 is 10.2 Å². The van der Waals surface area contributed by atoms with Crippen LogP contribution < -0.4 is 5.32 Å². The predicted molar refractivity (Wildman–Crippen MR) is 135 cm³/mol. The number of thiazole rings is 1. The van der Waals surface area contributed by atoms with Gasteiger partial charge in [-0.15, -0.1) is 11.3 Å². The molecule has 1 fully saturated rings. The topological polar surface area (TPSA) is 75.2 Å². The average molecular weight is 507 g/mol. The lowest BCUT2D eigenvalue weighted by atomic mass is 10.0. The standard InChI is InChI=1S/C27H24F2N4O2S/c1-16-32-24(25(36-16)17-7-9-18(28)10-8-17)27(35)33-14-3-2-5-19(33)15-31-26(34)21-11-12-22(29)23-20(21)6-4-13-30-23/h4,6-13,19H,2-3,5,14-15H2,1H3,(H,31,34). The van der Waals surface area contributed by atoms with Crippen LogP contribution in [0.1, 0.15) is 45.1 Å². The molecular weight excluding hydrogens is 482 g/mol. The number of carbonyl (C=O) groups is 2. The Bertz CT molecular complexity index is 1440. The molecule has 9 heteroatoms. The summed E-state index contributed by atoms with van der Waals surface area (Å²) in [5.74, 6) is -1.37. The molecule has 1 unspecified atom stereocenters. The van der Waals surface area contributed by atoms with Gasteiger partial charge in [0.05, 0.1) is 9.88 Å². The van der Waals surface area contributed by atoms with E-state index < -0.39 is 5.82 Å². The molecule has 2 amide bonds. The van der Waals surface area contributed by atoms with E-state index in [9.17, 15) is 18.4 Å². The van der Waals surface area contributed by atoms with Crippen LogP contribution in [0.5, 0.6) is 0 Å². The highest BCUT2D eigenvalue weighted by atomic mass is 32.1. The van der Waals surface area contributed by atoms with Crippen LogP contribution in [0.4, 0.5) is 8.78 Å². The van der Waals surface area contributed by atoms with Crippen LogP contribution in [0.3, 0.4) is 0 Å². The summed E-state index contributed by atoms with van der Waals surface area (Å²) in [4.78, 5) is 37.7. The SMILES string of the molecule is Cc1nc(C(=O)N2CCCCC2CNC(=O)c2ccc(F)c3ncccc23)c(-c2ccc(F)cc2)s1. The molecule has 1 atom stereocenters. The molecule has 1 N–H and O–H groups in total. The van der Waals surface area contributed by atoms with E-state index in [1.807, 2.05) is 6.92 Å². The lowest BCUT2D eigenvalue weighted by Crippen LogP contribution is -2.49. The summed E-state index contributed by atoms with van der Waals surface area (Å²) in [7, 11) is 0. The lowest BCUT2D eigenvalue weighted by Gasteiger charge is -2.35. The highest BCUT2D eigenvalue weighted by molar-refractivity contribution is 7.15. The summed E-state index contributed by atoms with van der Waals surface area (Å²) in [5.41, 5.74) is 1.57. The molecule has 36 heavy (non-hydrogen) atoms. The predicted octanol–water partition coefficient (Wildman–Crippen LogP) is 5.37. The van der Waals surface area contributed by atoms with Crippen LogP contribution >= 0.6 is 11.3 Å². The molecule has 1 saturated heterocycles. The number of aryl methyl sites for hydroxylation is 1. The Kier molecular flexibility index (Phi) is 6.73. The number of amides is 2. The monoisotopic (exact) mass is 506 g/mol. The molecule has 0 spiro atoms. The molecule has 184 valence electrons. The Morgan fingerprint density at radius 3 is 2.72 bits per heavy atom. The third kappa shape index (κ3) is 4.70. The zero-order chi connectivity index (χ0) is 25.2. The summed E-state index contributed by atoms with van der Waals surface area (Å²) in [5, 5.41) is 4.12. The first-order valence-electron chi connectivity index (χ1n) is 11.8. The van der Waals surface area contributed by atoms with Gasteiger partial charge in [-0.2, -0.15) is 0 Å². The number of carbonyl (C=O) groups excluding carboxylic acids is 2. The number of pyridine rings is 1. The van der Waals surface area contributed by atoms with E-state index in [0.717, 1.165) is 29.8 Å². The van der Waals surface area contributed by atoms with Crippen molar-refractivity contribution in [2.24, 2.45) is 0 Å². The number of rotatable bonds is 5. The quantitative estimate of drug-likeness (QED) is 0.395. The normalized spacial score (nSPS) is 15.8. The Balaban J connectivity index is 1.36. The fourth-order valence-electron chi connectivity index (χ4n) is 4.63. The number of nitrogens with zero attached hydrogens (tertiary/aromatic N) is 3. The van der Waals surface area contributed by atoms with Crippen molar-refractivity contribution in [2.75, 3.05) is 13.1 Å². The lowest BCUT2D eigenvalue weighted by molar-refractivity contribution is 0.0598. The molecule has 0 bridgehead atoms. The molecular formula is C27H24F2N4O2S. The zero-order valence-corrected chi connectivity index (χ0v) is 20.4. The van der Waals surface area contributed by atoms with Gasteiger partial charge in [0.1, 0.15) is 22.8 Å². The van der Waals surface area contributed by atoms with Crippen molar-refractivity contribution in [2.45, 2.75) is 32.2 Å². The van der Waals surface area contributed by atoms with Crippen LogP contribution in [0.15, 0.2) is 54.7 Å². The van der Waals surface area contributed by atoms with Crippen LogP contribution in [0.25, 0.3) is 21.3 Å². The first kappa shape index (κ1) is 24.0. The van der Waals surface area contributed by atoms with Gasteiger partial charge >= 0.3 is 0 Å². The minimum Gasteiger partial charge on any atom is -0.350 e. The maximum atomic E-state index is 14.1.